The third-order valence-electron chi connectivity index (χ3n) is 4.01. The van der Waals surface area contributed by atoms with Crippen molar-refractivity contribution in [1.29, 1.82) is 0 Å². The first kappa shape index (κ1) is 14.0. The Bertz CT molecular complexity index is 184. The molecule has 1 fully saturated rings. The lowest BCUT2D eigenvalue weighted by Gasteiger charge is -2.41. The highest BCUT2D eigenvalue weighted by Gasteiger charge is 2.29. The van der Waals surface area contributed by atoms with Crippen LogP contribution in [0.25, 0.3) is 0 Å². The van der Waals surface area contributed by atoms with Gasteiger partial charge in [-0.05, 0) is 31.6 Å². The van der Waals surface area contributed by atoms with Gasteiger partial charge in [0.15, 0.2) is 0 Å². The average molecular weight is 227 g/mol. The molecule has 1 rings (SSSR count). The summed E-state index contributed by atoms with van der Waals surface area (Å²) >= 11 is 0. The van der Waals surface area contributed by atoms with E-state index in [9.17, 15) is 5.11 Å². The molecule has 3 unspecified atom stereocenters. The van der Waals surface area contributed by atoms with Crippen LogP contribution in [-0.4, -0.2) is 28.8 Å². The predicted octanol–water partition coefficient (Wildman–Crippen LogP) is 3.40. The fraction of sp³-hybridized carbons (Fsp3) is 1.00. The van der Waals surface area contributed by atoms with Crippen molar-refractivity contribution in [3.8, 4) is 0 Å². The van der Waals surface area contributed by atoms with Crippen molar-refractivity contribution < 1.29 is 5.11 Å². The summed E-state index contributed by atoms with van der Waals surface area (Å²) in [4.78, 5) is 2.37. The molecule has 96 valence electrons. The van der Waals surface area contributed by atoms with E-state index < -0.39 is 0 Å². The Morgan fingerprint density at radius 2 is 1.94 bits per heavy atom. The average Bonchev–Trinajstić information content (AvgIpc) is 2.31. The molecule has 0 amide bonds. The van der Waals surface area contributed by atoms with Crippen molar-refractivity contribution in [2.75, 3.05) is 6.54 Å². The van der Waals surface area contributed by atoms with E-state index >= 15 is 0 Å². The van der Waals surface area contributed by atoms with Gasteiger partial charge in [-0.15, -0.1) is 0 Å². The lowest BCUT2D eigenvalue weighted by Crippen LogP contribution is -2.47. The second-order valence-corrected chi connectivity index (χ2v) is 5.31. The molecule has 0 spiro atoms. The van der Waals surface area contributed by atoms with Gasteiger partial charge in [-0.25, -0.2) is 0 Å². The minimum atomic E-state index is -0.225. The van der Waals surface area contributed by atoms with Gasteiger partial charge in [-0.2, -0.15) is 0 Å². The van der Waals surface area contributed by atoms with E-state index in [0.717, 1.165) is 18.9 Å². The Kier molecular flexibility index (Phi) is 6.37. The first-order valence-corrected chi connectivity index (χ1v) is 7.14. The van der Waals surface area contributed by atoms with Crippen LogP contribution in [0.3, 0.4) is 0 Å². The molecule has 2 nitrogen and oxygen atoms in total. The van der Waals surface area contributed by atoms with Crippen LogP contribution in [0.15, 0.2) is 0 Å². The molecule has 1 aliphatic rings. The summed E-state index contributed by atoms with van der Waals surface area (Å²) in [5.74, 6) is 0.756. The van der Waals surface area contributed by atoms with Gasteiger partial charge in [0.2, 0.25) is 0 Å². The maximum atomic E-state index is 10.1. The molecular formula is C14H29NO. The summed E-state index contributed by atoms with van der Waals surface area (Å²) in [5, 5.41) is 10.1. The van der Waals surface area contributed by atoms with Gasteiger partial charge in [0.1, 0.15) is 6.23 Å². The Labute approximate surface area is 101 Å². The van der Waals surface area contributed by atoms with Gasteiger partial charge >= 0.3 is 0 Å². The molecule has 0 radical (unpaired) electrons. The van der Waals surface area contributed by atoms with Crippen LogP contribution in [0.5, 0.6) is 0 Å². The summed E-state index contributed by atoms with van der Waals surface area (Å²) in [5.41, 5.74) is 0. The Hall–Kier alpha value is -0.0800. The minimum Gasteiger partial charge on any atom is -0.378 e. The number of aliphatic hydroxyl groups is 1. The maximum Gasteiger partial charge on any atom is 0.107 e. The minimum absolute atomic E-state index is 0.225. The van der Waals surface area contributed by atoms with Gasteiger partial charge in [0.05, 0.1) is 0 Å². The summed E-state index contributed by atoms with van der Waals surface area (Å²) < 4.78 is 0. The fourth-order valence-electron chi connectivity index (χ4n) is 2.90. The van der Waals surface area contributed by atoms with Crippen LogP contribution in [-0.2, 0) is 0 Å². The highest BCUT2D eigenvalue weighted by molar-refractivity contribution is 4.82. The molecule has 1 N–H and O–H groups in total. The number of aliphatic hydroxyl groups excluding tert-OH is 1. The molecule has 0 heterocycles. The van der Waals surface area contributed by atoms with Gasteiger partial charge < -0.3 is 5.11 Å². The Balaban J connectivity index is 2.57. The van der Waals surface area contributed by atoms with Crippen LogP contribution >= 0.6 is 0 Å². The lowest BCUT2D eigenvalue weighted by molar-refractivity contribution is -0.0510. The highest BCUT2D eigenvalue weighted by Crippen LogP contribution is 2.29. The zero-order valence-corrected chi connectivity index (χ0v) is 11.3. The smallest absolute Gasteiger partial charge is 0.107 e. The molecule has 0 saturated heterocycles. The van der Waals surface area contributed by atoms with Crippen molar-refractivity contribution in [2.45, 2.75) is 78.0 Å². The van der Waals surface area contributed by atoms with Gasteiger partial charge in [0.25, 0.3) is 0 Å². The SMILES string of the molecule is CCCCN(C(O)CC)C1CCCCC1C. The monoisotopic (exact) mass is 227 g/mol. The molecule has 1 aliphatic carbocycles. The van der Waals surface area contributed by atoms with Crippen LogP contribution in [0.4, 0.5) is 0 Å². The second kappa shape index (κ2) is 7.29. The number of rotatable bonds is 6. The number of hydrogen-bond donors (Lipinski definition) is 1. The van der Waals surface area contributed by atoms with Crippen molar-refractivity contribution in [3.05, 3.63) is 0 Å². The van der Waals surface area contributed by atoms with Crippen LogP contribution < -0.4 is 0 Å². The normalized spacial score (nSPS) is 28.3. The number of unbranched alkanes of at least 4 members (excludes halogenated alkanes) is 1. The van der Waals surface area contributed by atoms with Crippen LogP contribution in [0.2, 0.25) is 0 Å². The van der Waals surface area contributed by atoms with Crippen LogP contribution in [0, 0.1) is 5.92 Å². The van der Waals surface area contributed by atoms with E-state index in [1.807, 2.05) is 0 Å². The summed E-state index contributed by atoms with van der Waals surface area (Å²) in [6, 6.07) is 0.621. The molecule has 0 aromatic carbocycles. The molecule has 1 saturated carbocycles. The zero-order chi connectivity index (χ0) is 12.0. The van der Waals surface area contributed by atoms with Gasteiger partial charge in [0, 0.05) is 12.6 Å². The maximum absolute atomic E-state index is 10.1. The number of hydrogen-bond acceptors (Lipinski definition) is 2. The summed E-state index contributed by atoms with van der Waals surface area (Å²) in [6.07, 6.45) is 8.39. The first-order valence-electron chi connectivity index (χ1n) is 7.14. The molecule has 0 aromatic heterocycles. The zero-order valence-electron chi connectivity index (χ0n) is 11.3. The van der Waals surface area contributed by atoms with E-state index in [4.69, 9.17) is 0 Å². The van der Waals surface area contributed by atoms with Gasteiger partial charge in [-0.3, -0.25) is 4.90 Å². The lowest BCUT2D eigenvalue weighted by atomic mass is 9.84. The van der Waals surface area contributed by atoms with Crippen molar-refractivity contribution in [1.82, 2.24) is 4.90 Å². The Morgan fingerprint density at radius 1 is 1.25 bits per heavy atom. The fourth-order valence-corrected chi connectivity index (χ4v) is 2.90. The van der Waals surface area contributed by atoms with E-state index in [0.29, 0.717) is 6.04 Å². The quantitative estimate of drug-likeness (QED) is 0.703. The topological polar surface area (TPSA) is 23.5 Å². The third kappa shape index (κ3) is 3.74. The first-order chi connectivity index (χ1) is 7.70. The van der Waals surface area contributed by atoms with Crippen molar-refractivity contribution in [2.24, 2.45) is 5.92 Å². The van der Waals surface area contributed by atoms with Gasteiger partial charge in [-0.1, -0.05) is 40.0 Å². The third-order valence-corrected chi connectivity index (χ3v) is 4.01. The molecule has 3 atom stereocenters. The van der Waals surface area contributed by atoms with Crippen LogP contribution in [0.1, 0.15) is 65.7 Å². The molecular weight excluding hydrogens is 198 g/mol. The standard InChI is InChI=1S/C14H29NO/c1-4-6-11-15(14(16)5-2)13-10-8-7-9-12(13)3/h12-14,16H,4-11H2,1-3H3. The van der Waals surface area contributed by atoms with Crippen molar-refractivity contribution >= 4 is 0 Å². The van der Waals surface area contributed by atoms with E-state index in [1.54, 1.807) is 0 Å². The van der Waals surface area contributed by atoms with E-state index in [1.165, 1.54) is 38.5 Å². The molecule has 16 heavy (non-hydrogen) atoms. The molecule has 2 heteroatoms. The molecule has 0 aliphatic heterocycles. The van der Waals surface area contributed by atoms with E-state index in [-0.39, 0.29) is 6.23 Å². The summed E-state index contributed by atoms with van der Waals surface area (Å²) in [7, 11) is 0. The largest absolute Gasteiger partial charge is 0.378 e. The second-order valence-electron chi connectivity index (χ2n) is 5.31. The molecule has 0 aromatic rings. The predicted molar refractivity (Wildman–Crippen MR) is 69.3 cm³/mol. The highest BCUT2D eigenvalue weighted by atomic mass is 16.3. The molecule has 0 bridgehead atoms. The summed E-state index contributed by atoms with van der Waals surface area (Å²) in [6.45, 7) is 7.73. The Morgan fingerprint density at radius 3 is 2.50 bits per heavy atom. The number of nitrogens with zero attached hydrogens (tertiary/aromatic N) is 1. The van der Waals surface area contributed by atoms with Crippen molar-refractivity contribution in [3.63, 3.8) is 0 Å². The van der Waals surface area contributed by atoms with E-state index in [2.05, 4.69) is 25.7 Å².